The van der Waals surface area contributed by atoms with Gasteiger partial charge in [0.15, 0.2) is 0 Å². The Hall–Kier alpha value is -1.68. The number of aryl methyl sites for hydroxylation is 1. The van der Waals surface area contributed by atoms with E-state index >= 15 is 0 Å². The topological polar surface area (TPSA) is 106 Å². The third-order valence-corrected chi connectivity index (χ3v) is 6.90. The number of hydrogen-bond acceptors (Lipinski definition) is 6. The highest BCUT2D eigenvalue weighted by Crippen LogP contribution is 2.30. The van der Waals surface area contributed by atoms with Gasteiger partial charge in [0, 0.05) is 26.2 Å². The number of hydrogen-bond donors (Lipinski definition) is 1. The van der Waals surface area contributed by atoms with Gasteiger partial charge in [0.2, 0.25) is 15.8 Å². The van der Waals surface area contributed by atoms with Crippen molar-refractivity contribution < 1.29 is 17.9 Å². The van der Waals surface area contributed by atoms with Crippen molar-refractivity contribution in [2.45, 2.75) is 43.9 Å². The van der Waals surface area contributed by atoms with Crippen LogP contribution in [0.15, 0.2) is 0 Å². The number of piperidine rings is 1. The average Bonchev–Trinajstić information content (AvgIpc) is 3.38. The van der Waals surface area contributed by atoms with Crippen LogP contribution in [0.4, 0.5) is 0 Å². The maximum atomic E-state index is 12.6. The number of ether oxygens (including phenoxy) is 1. The molecular weight excluding hydrogens is 346 g/mol. The van der Waals surface area contributed by atoms with Gasteiger partial charge in [-0.3, -0.25) is 4.79 Å². The van der Waals surface area contributed by atoms with Gasteiger partial charge in [0.1, 0.15) is 0 Å². The van der Waals surface area contributed by atoms with E-state index in [1.807, 2.05) is 6.92 Å². The van der Waals surface area contributed by atoms with E-state index in [0.717, 1.165) is 19.3 Å². The SMILES string of the molecule is CC[C@@H]1CN(C(=O)c2nc(OC)n(C)n2)CC[C@@H]1NS(=O)(=O)C1CC1. The number of sulfonamides is 1. The van der Waals surface area contributed by atoms with Crippen LogP contribution in [0.3, 0.4) is 0 Å². The molecule has 0 aromatic carbocycles. The number of rotatable bonds is 6. The maximum absolute atomic E-state index is 12.6. The fourth-order valence-electron chi connectivity index (χ4n) is 3.25. The lowest BCUT2D eigenvalue weighted by Crippen LogP contribution is -2.52. The van der Waals surface area contributed by atoms with E-state index in [2.05, 4.69) is 14.8 Å². The molecule has 0 unspecified atom stereocenters. The first kappa shape index (κ1) is 18.1. The van der Waals surface area contributed by atoms with Crippen LogP contribution in [0.25, 0.3) is 0 Å². The molecule has 1 saturated heterocycles. The molecule has 0 spiro atoms. The number of methoxy groups -OCH3 is 1. The molecule has 3 rings (SSSR count). The molecule has 1 aromatic rings. The number of nitrogens with zero attached hydrogens (tertiary/aromatic N) is 4. The highest BCUT2D eigenvalue weighted by molar-refractivity contribution is 7.90. The summed E-state index contributed by atoms with van der Waals surface area (Å²) in [6.07, 6.45) is 2.88. The quantitative estimate of drug-likeness (QED) is 0.763. The Morgan fingerprint density at radius 3 is 2.64 bits per heavy atom. The van der Waals surface area contributed by atoms with Crippen molar-refractivity contribution in [3.8, 4) is 6.01 Å². The number of amides is 1. The Bertz CT molecular complexity index is 743. The highest BCUT2D eigenvalue weighted by Gasteiger charge is 2.40. The van der Waals surface area contributed by atoms with Gasteiger partial charge in [-0.05, 0) is 25.2 Å². The van der Waals surface area contributed by atoms with Gasteiger partial charge in [-0.15, -0.1) is 5.10 Å². The van der Waals surface area contributed by atoms with Crippen LogP contribution in [0.5, 0.6) is 6.01 Å². The Kier molecular flexibility index (Phi) is 5.01. The van der Waals surface area contributed by atoms with Crippen LogP contribution < -0.4 is 9.46 Å². The Morgan fingerprint density at radius 2 is 2.08 bits per heavy atom. The zero-order valence-electron chi connectivity index (χ0n) is 14.8. The average molecular weight is 371 g/mol. The van der Waals surface area contributed by atoms with Crippen LogP contribution >= 0.6 is 0 Å². The van der Waals surface area contributed by atoms with Gasteiger partial charge < -0.3 is 9.64 Å². The van der Waals surface area contributed by atoms with E-state index in [1.165, 1.54) is 11.8 Å². The highest BCUT2D eigenvalue weighted by atomic mass is 32.2. The normalized spacial score (nSPS) is 24.4. The van der Waals surface area contributed by atoms with Crippen molar-refractivity contribution in [3.05, 3.63) is 5.82 Å². The number of carbonyl (C=O) groups excluding carboxylic acids is 1. The van der Waals surface area contributed by atoms with Gasteiger partial charge in [-0.25, -0.2) is 17.8 Å². The summed E-state index contributed by atoms with van der Waals surface area (Å²) in [6.45, 7) is 2.99. The Morgan fingerprint density at radius 1 is 1.36 bits per heavy atom. The predicted molar refractivity (Wildman–Crippen MR) is 90.7 cm³/mol. The summed E-state index contributed by atoms with van der Waals surface area (Å²) in [7, 11) is -0.0852. The van der Waals surface area contributed by atoms with Crippen molar-refractivity contribution in [3.63, 3.8) is 0 Å². The smallest absolute Gasteiger partial charge is 0.314 e. The van der Waals surface area contributed by atoms with Gasteiger partial charge in [-0.1, -0.05) is 13.3 Å². The first-order valence-electron chi connectivity index (χ1n) is 8.61. The Labute approximate surface area is 147 Å². The van der Waals surface area contributed by atoms with Crippen LogP contribution in [-0.2, 0) is 17.1 Å². The van der Waals surface area contributed by atoms with E-state index in [1.54, 1.807) is 11.9 Å². The number of likely N-dealkylation sites (tertiary alicyclic amines) is 1. The summed E-state index contributed by atoms with van der Waals surface area (Å²) in [6, 6.07) is 0.161. The molecule has 10 heteroatoms. The van der Waals surface area contributed by atoms with E-state index in [-0.39, 0.29) is 35.0 Å². The molecule has 2 aliphatic rings. The molecule has 1 aliphatic carbocycles. The van der Waals surface area contributed by atoms with Gasteiger partial charge >= 0.3 is 6.01 Å². The molecule has 2 heterocycles. The summed E-state index contributed by atoms with van der Waals surface area (Å²) in [5.41, 5.74) is 0. The molecule has 1 saturated carbocycles. The first-order chi connectivity index (χ1) is 11.9. The molecule has 9 nitrogen and oxygen atoms in total. The molecule has 140 valence electrons. The number of carbonyl (C=O) groups is 1. The molecule has 1 amide bonds. The molecule has 2 fully saturated rings. The fourth-order valence-corrected chi connectivity index (χ4v) is 4.93. The van der Waals surface area contributed by atoms with Crippen molar-refractivity contribution in [2.75, 3.05) is 20.2 Å². The van der Waals surface area contributed by atoms with Crippen molar-refractivity contribution >= 4 is 15.9 Å². The Balaban J connectivity index is 1.67. The zero-order valence-corrected chi connectivity index (χ0v) is 15.6. The maximum Gasteiger partial charge on any atom is 0.314 e. The van der Waals surface area contributed by atoms with E-state index in [4.69, 9.17) is 4.74 Å². The lowest BCUT2D eigenvalue weighted by atomic mass is 9.90. The summed E-state index contributed by atoms with van der Waals surface area (Å²) in [5, 5.41) is 3.87. The number of aromatic nitrogens is 3. The van der Waals surface area contributed by atoms with Crippen molar-refractivity contribution in [1.29, 1.82) is 0 Å². The summed E-state index contributed by atoms with van der Waals surface area (Å²) in [5.74, 6) is -0.0658. The van der Waals surface area contributed by atoms with Gasteiger partial charge in [0.05, 0.1) is 12.4 Å². The minimum Gasteiger partial charge on any atom is -0.467 e. The third kappa shape index (κ3) is 3.79. The minimum absolute atomic E-state index is 0.0804. The molecule has 1 aromatic heterocycles. The second-order valence-corrected chi connectivity index (χ2v) is 8.71. The second-order valence-electron chi connectivity index (χ2n) is 6.72. The molecule has 0 bridgehead atoms. The van der Waals surface area contributed by atoms with Gasteiger partial charge in [-0.2, -0.15) is 4.98 Å². The molecular formula is C15H25N5O4S. The lowest BCUT2D eigenvalue weighted by molar-refractivity contribution is 0.0628. The lowest BCUT2D eigenvalue weighted by Gasteiger charge is -2.38. The molecule has 2 atom stereocenters. The van der Waals surface area contributed by atoms with Gasteiger partial charge in [0.25, 0.3) is 5.91 Å². The van der Waals surface area contributed by atoms with E-state index in [9.17, 15) is 13.2 Å². The van der Waals surface area contributed by atoms with Crippen LogP contribution in [-0.4, -0.2) is 65.5 Å². The minimum atomic E-state index is -3.22. The van der Waals surface area contributed by atoms with Crippen LogP contribution in [0.2, 0.25) is 0 Å². The van der Waals surface area contributed by atoms with Crippen LogP contribution in [0.1, 0.15) is 43.2 Å². The summed E-state index contributed by atoms with van der Waals surface area (Å²) in [4.78, 5) is 18.4. The first-order valence-corrected chi connectivity index (χ1v) is 10.2. The molecule has 0 radical (unpaired) electrons. The summed E-state index contributed by atoms with van der Waals surface area (Å²) < 4.78 is 33.7. The molecule has 1 aliphatic heterocycles. The largest absolute Gasteiger partial charge is 0.467 e. The zero-order chi connectivity index (χ0) is 18.2. The van der Waals surface area contributed by atoms with Crippen molar-refractivity contribution in [1.82, 2.24) is 24.4 Å². The van der Waals surface area contributed by atoms with E-state index < -0.39 is 10.0 Å². The fraction of sp³-hybridized carbons (Fsp3) is 0.800. The standard InChI is InChI=1S/C15H25N5O4S/c1-4-10-9-20(14(21)13-16-15(24-3)19(2)17-13)8-7-12(10)18-25(22,23)11-5-6-11/h10-12,18H,4-9H2,1-3H3/t10-,12+/m1/s1. The monoisotopic (exact) mass is 371 g/mol. The molecule has 1 N–H and O–H groups in total. The van der Waals surface area contributed by atoms with E-state index in [0.29, 0.717) is 19.5 Å². The predicted octanol–water partition coefficient (Wildman–Crippen LogP) is 0.146. The third-order valence-electron chi connectivity index (χ3n) is 4.92. The van der Waals surface area contributed by atoms with Crippen LogP contribution in [0, 0.1) is 5.92 Å². The second kappa shape index (κ2) is 6.91. The summed E-state index contributed by atoms with van der Waals surface area (Å²) >= 11 is 0. The number of nitrogens with one attached hydrogen (secondary N) is 1. The molecule has 25 heavy (non-hydrogen) atoms. The van der Waals surface area contributed by atoms with Crippen molar-refractivity contribution in [2.24, 2.45) is 13.0 Å².